The molecular weight excluding hydrogens is 305 g/mol. The van der Waals surface area contributed by atoms with E-state index in [1.165, 1.54) is 6.92 Å². The average molecular weight is 316 g/mol. The Kier molecular flexibility index (Phi) is 6.53. The molecule has 0 bridgehead atoms. The van der Waals surface area contributed by atoms with E-state index in [4.69, 9.17) is 0 Å². The van der Waals surface area contributed by atoms with Gasteiger partial charge in [-0.2, -0.15) is 26.3 Å². The van der Waals surface area contributed by atoms with Gasteiger partial charge in [-0.15, -0.1) is 6.58 Å². The molecule has 1 unspecified atom stereocenters. The number of alkyl halides is 6. The molecule has 0 saturated heterocycles. The van der Waals surface area contributed by atoms with Crippen molar-refractivity contribution >= 4 is 7.82 Å². The molecule has 0 spiro atoms. The quantitative estimate of drug-likeness (QED) is 0.407. The highest BCUT2D eigenvalue weighted by Gasteiger charge is 2.40. The van der Waals surface area contributed by atoms with E-state index in [1.54, 1.807) is 0 Å². The lowest BCUT2D eigenvalue weighted by atomic mass is 10.4. The molecule has 0 amide bonds. The van der Waals surface area contributed by atoms with Crippen molar-refractivity contribution in [3.63, 3.8) is 0 Å². The molecule has 0 saturated carbocycles. The third-order valence-corrected chi connectivity index (χ3v) is 2.88. The van der Waals surface area contributed by atoms with Crippen LogP contribution < -0.4 is 0 Å². The molecule has 1 atom stereocenters. The number of hydrogen-bond donors (Lipinski definition) is 0. The molecule has 4 nitrogen and oxygen atoms in total. The van der Waals surface area contributed by atoms with E-state index >= 15 is 0 Å². The fourth-order valence-electron chi connectivity index (χ4n) is 0.649. The lowest BCUT2D eigenvalue weighted by molar-refractivity contribution is -0.171. The van der Waals surface area contributed by atoms with Gasteiger partial charge in [-0.05, 0) is 6.92 Å². The maximum absolute atomic E-state index is 11.9. The van der Waals surface area contributed by atoms with Crippen molar-refractivity contribution in [2.24, 2.45) is 0 Å². The van der Waals surface area contributed by atoms with Gasteiger partial charge in [0.25, 0.3) is 0 Å². The molecule has 0 fully saturated rings. The van der Waals surface area contributed by atoms with Crippen LogP contribution in [0.1, 0.15) is 6.92 Å². The smallest absolute Gasteiger partial charge is 0.280 e. The summed E-state index contributed by atoms with van der Waals surface area (Å²) >= 11 is 0. The van der Waals surface area contributed by atoms with Gasteiger partial charge in [0.05, 0.1) is 6.10 Å². The first-order valence-electron chi connectivity index (χ1n) is 4.70. The highest BCUT2D eigenvalue weighted by atomic mass is 31.2. The zero-order valence-corrected chi connectivity index (χ0v) is 10.5. The van der Waals surface area contributed by atoms with Crippen molar-refractivity contribution in [1.29, 1.82) is 0 Å². The van der Waals surface area contributed by atoms with E-state index in [0.29, 0.717) is 0 Å². The topological polar surface area (TPSA) is 44.8 Å². The van der Waals surface area contributed by atoms with E-state index in [-0.39, 0.29) is 0 Å². The summed E-state index contributed by atoms with van der Waals surface area (Å²) in [5, 5.41) is 0. The second-order valence-corrected chi connectivity index (χ2v) is 4.89. The van der Waals surface area contributed by atoms with E-state index in [2.05, 4.69) is 20.2 Å². The van der Waals surface area contributed by atoms with Gasteiger partial charge in [0.1, 0.15) is 0 Å². The number of rotatable bonds is 7. The van der Waals surface area contributed by atoms with Crippen LogP contribution in [-0.2, 0) is 18.1 Å². The summed E-state index contributed by atoms with van der Waals surface area (Å²) in [6.07, 6.45) is -9.90. The number of phosphoric acid groups is 1. The minimum Gasteiger partial charge on any atom is -0.280 e. The Morgan fingerprint density at radius 1 is 1.11 bits per heavy atom. The van der Waals surface area contributed by atoms with Crippen molar-refractivity contribution in [1.82, 2.24) is 0 Å². The summed E-state index contributed by atoms with van der Waals surface area (Å²) in [5.41, 5.74) is 0. The van der Waals surface area contributed by atoms with Gasteiger partial charge in [-0.3, -0.25) is 13.6 Å². The van der Waals surface area contributed by atoms with Crippen LogP contribution in [0.5, 0.6) is 0 Å². The summed E-state index contributed by atoms with van der Waals surface area (Å²) in [6.45, 7) is 0.222. The van der Waals surface area contributed by atoms with Crippen LogP contribution in [0.3, 0.4) is 0 Å². The van der Waals surface area contributed by atoms with Gasteiger partial charge >= 0.3 is 20.2 Å². The summed E-state index contributed by atoms with van der Waals surface area (Å²) < 4.78 is 94.8. The molecule has 0 aromatic heterocycles. The molecule has 114 valence electrons. The van der Waals surface area contributed by atoms with Crippen LogP contribution in [-0.4, -0.2) is 31.7 Å². The zero-order chi connectivity index (χ0) is 15.3. The standard InChI is InChI=1S/C8H11F6O4P/c1-3-6(2)18-19(15,16-4-7(9,10)11)17-5-8(12,13)14/h3,6H,1,4-5H2,2H3. The fourth-order valence-corrected chi connectivity index (χ4v) is 1.95. The molecule has 0 aliphatic heterocycles. The highest BCUT2D eigenvalue weighted by molar-refractivity contribution is 7.48. The number of halogens is 6. The third-order valence-electron chi connectivity index (χ3n) is 1.40. The maximum atomic E-state index is 11.9. The molecule has 0 aliphatic carbocycles. The summed E-state index contributed by atoms with van der Waals surface area (Å²) in [4.78, 5) is 0. The SMILES string of the molecule is C=CC(C)OP(=O)(OCC(F)(F)F)OCC(F)(F)F. The lowest BCUT2D eigenvalue weighted by Crippen LogP contribution is -2.21. The second kappa shape index (κ2) is 6.74. The molecule has 0 aliphatic rings. The van der Waals surface area contributed by atoms with Gasteiger partial charge in [0, 0.05) is 0 Å². The van der Waals surface area contributed by atoms with Gasteiger partial charge in [-0.25, -0.2) is 4.57 Å². The minimum atomic E-state index is -5.00. The Hall–Kier alpha value is -0.570. The number of hydrogen-bond acceptors (Lipinski definition) is 4. The first-order chi connectivity index (χ1) is 8.37. The van der Waals surface area contributed by atoms with E-state index in [1.807, 2.05) is 0 Å². The maximum Gasteiger partial charge on any atom is 0.475 e. The Morgan fingerprint density at radius 3 is 1.74 bits per heavy atom. The largest absolute Gasteiger partial charge is 0.475 e. The molecule has 0 aromatic carbocycles. The summed E-state index contributed by atoms with van der Waals surface area (Å²) in [5.74, 6) is 0. The normalized spacial score (nSPS) is 15.3. The highest BCUT2D eigenvalue weighted by Crippen LogP contribution is 2.52. The monoisotopic (exact) mass is 316 g/mol. The van der Waals surface area contributed by atoms with Crippen LogP contribution in [0.4, 0.5) is 26.3 Å². The molecule has 0 N–H and O–H groups in total. The third kappa shape index (κ3) is 9.94. The lowest BCUT2D eigenvalue weighted by Gasteiger charge is -2.21. The van der Waals surface area contributed by atoms with Gasteiger partial charge in [-0.1, -0.05) is 6.08 Å². The Bertz CT molecular complexity index is 317. The minimum absolute atomic E-state index is 1.00. The molecule has 19 heavy (non-hydrogen) atoms. The molecule has 0 aromatic rings. The molecule has 0 rings (SSSR count). The Balaban J connectivity index is 4.72. The van der Waals surface area contributed by atoms with Crippen LogP contribution in [0.25, 0.3) is 0 Å². The van der Waals surface area contributed by atoms with Crippen LogP contribution in [0, 0.1) is 0 Å². The Labute approximate surface area is 104 Å². The number of phosphoric ester groups is 1. The van der Waals surface area contributed by atoms with Crippen molar-refractivity contribution in [2.75, 3.05) is 13.2 Å². The van der Waals surface area contributed by atoms with Crippen LogP contribution in [0.2, 0.25) is 0 Å². The van der Waals surface area contributed by atoms with Crippen LogP contribution in [0.15, 0.2) is 12.7 Å². The summed E-state index contributed by atoms with van der Waals surface area (Å²) in [7, 11) is -5.00. The second-order valence-electron chi connectivity index (χ2n) is 3.27. The van der Waals surface area contributed by atoms with E-state index in [9.17, 15) is 30.9 Å². The molecule has 0 heterocycles. The molecular formula is C8H11F6O4P. The van der Waals surface area contributed by atoms with Gasteiger partial charge < -0.3 is 0 Å². The van der Waals surface area contributed by atoms with Crippen molar-refractivity contribution in [2.45, 2.75) is 25.4 Å². The molecule has 11 heteroatoms. The first-order valence-corrected chi connectivity index (χ1v) is 6.16. The fraction of sp³-hybridized carbons (Fsp3) is 0.750. The van der Waals surface area contributed by atoms with Crippen molar-refractivity contribution in [3.8, 4) is 0 Å². The van der Waals surface area contributed by atoms with Crippen molar-refractivity contribution in [3.05, 3.63) is 12.7 Å². The Morgan fingerprint density at radius 2 is 1.47 bits per heavy atom. The molecule has 0 radical (unpaired) electrons. The predicted molar refractivity (Wildman–Crippen MR) is 52.4 cm³/mol. The van der Waals surface area contributed by atoms with Gasteiger partial charge in [0.15, 0.2) is 13.2 Å². The van der Waals surface area contributed by atoms with Crippen molar-refractivity contribution < 1.29 is 44.5 Å². The predicted octanol–water partition coefficient (Wildman–Crippen LogP) is 3.84. The average Bonchev–Trinajstić information content (AvgIpc) is 2.22. The zero-order valence-electron chi connectivity index (χ0n) is 9.62. The summed E-state index contributed by atoms with van der Waals surface area (Å²) in [6, 6.07) is 0. The van der Waals surface area contributed by atoms with Gasteiger partial charge in [0.2, 0.25) is 0 Å². The van der Waals surface area contributed by atoms with E-state index in [0.717, 1.165) is 6.08 Å². The first kappa shape index (κ1) is 18.4. The van der Waals surface area contributed by atoms with Crippen LogP contribution >= 0.6 is 7.82 Å². The van der Waals surface area contributed by atoms with E-state index < -0.39 is 39.5 Å².